The van der Waals surface area contributed by atoms with Crippen molar-refractivity contribution in [2.45, 2.75) is 19.9 Å². The molecule has 0 saturated carbocycles. The van der Waals surface area contributed by atoms with Gasteiger partial charge in [-0.05, 0) is 5.57 Å². The molecule has 0 amide bonds. The number of aromatic nitrogens is 2. The van der Waals surface area contributed by atoms with Crippen molar-refractivity contribution in [1.82, 2.24) is 9.55 Å². The van der Waals surface area contributed by atoms with Crippen LogP contribution in [0.4, 0.5) is 0 Å². The third kappa shape index (κ3) is 2.11. The Kier molecular flexibility index (Phi) is 3.35. The van der Waals surface area contributed by atoms with Gasteiger partial charge in [-0.1, -0.05) is 13.5 Å². The summed E-state index contributed by atoms with van der Waals surface area (Å²) in [7, 11) is 0. The highest BCUT2D eigenvalue weighted by atomic mass is 35.5. The summed E-state index contributed by atoms with van der Waals surface area (Å²) in [6.45, 7) is 6.71. The van der Waals surface area contributed by atoms with Gasteiger partial charge in [0.25, 0.3) is 0 Å². The van der Waals surface area contributed by atoms with Gasteiger partial charge in [0.05, 0.1) is 0 Å². The van der Waals surface area contributed by atoms with Crippen LogP contribution in [0.5, 0.6) is 0 Å². The Morgan fingerprint density at radius 1 is 1.75 bits per heavy atom. The van der Waals surface area contributed by atoms with Crippen LogP contribution in [0.2, 0.25) is 0 Å². The molecular weight excluding hydrogens is 172 g/mol. The average molecular weight is 185 g/mol. The van der Waals surface area contributed by atoms with E-state index in [1.807, 2.05) is 6.20 Å². The second-order valence-electron chi connectivity index (χ2n) is 2.71. The van der Waals surface area contributed by atoms with Gasteiger partial charge in [0.15, 0.2) is 0 Å². The molecule has 0 aliphatic carbocycles. The van der Waals surface area contributed by atoms with Gasteiger partial charge < -0.3 is 4.57 Å². The van der Waals surface area contributed by atoms with Crippen LogP contribution >= 0.6 is 11.6 Å². The van der Waals surface area contributed by atoms with E-state index in [-0.39, 0.29) is 0 Å². The maximum absolute atomic E-state index is 5.63. The molecule has 0 radical (unpaired) electrons. The third-order valence-corrected chi connectivity index (χ3v) is 2.08. The fraction of sp³-hybridized carbons (Fsp3) is 0.444. The number of alkyl halides is 1. The number of allylic oxidation sites excluding steroid dienone is 1. The first kappa shape index (κ1) is 9.33. The van der Waals surface area contributed by atoms with E-state index in [9.17, 15) is 0 Å². The van der Waals surface area contributed by atoms with Crippen LogP contribution in [0, 0.1) is 0 Å². The van der Waals surface area contributed by atoms with E-state index in [1.165, 1.54) is 0 Å². The van der Waals surface area contributed by atoms with Crippen molar-refractivity contribution in [2.24, 2.45) is 0 Å². The third-order valence-electron chi connectivity index (χ3n) is 1.70. The molecule has 0 bridgehead atoms. The predicted octanol–water partition coefficient (Wildman–Crippen LogP) is 2.24. The Balaban J connectivity index is 2.68. The molecular formula is C9H13ClN2. The van der Waals surface area contributed by atoms with Crippen molar-refractivity contribution in [3.05, 3.63) is 30.4 Å². The fourth-order valence-corrected chi connectivity index (χ4v) is 1.17. The number of halogens is 1. The Bertz CT molecular complexity index is 265. The zero-order valence-corrected chi connectivity index (χ0v) is 8.01. The molecule has 3 heteroatoms. The van der Waals surface area contributed by atoms with Gasteiger partial charge in [-0.25, -0.2) is 4.98 Å². The molecule has 0 aliphatic rings. The van der Waals surface area contributed by atoms with Crippen molar-refractivity contribution in [2.75, 3.05) is 5.88 Å². The summed E-state index contributed by atoms with van der Waals surface area (Å²) < 4.78 is 2.07. The minimum Gasteiger partial charge on any atom is -0.331 e. The Morgan fingerprint density at radius 2 is 2.50 bits per heavy atom. The molecule has 66 valence electrons. The molecule has 12 heavy (non-hydrogen) atoms. The first-order valence-electron chi connectivity index (χ1n) is 4.00. The van der Waals surface area contributed by atoms with Crippen molar-refractivity contribution in [3.63, 3.8) is 0 Å². The van der Waals surface area contributed by atoms with Crippen LogP contribution in [0.3, 0.4) is 0 Å². The van der Waals surface area contributed by atoms with Gasteiger partial charge in [-0.2, -0.15) is 0 Å². The first-order chi connectivity index (χ1) is 5.77. The van der Waals surface area contributed by atoms with Crippen molar-refractivity contribution < 1.29 is 0 Å². The number of rotatable bonds is 4. The second-order valence-corrected chi connectivity index (χ2v) is 2.98. The Hall–Kier alpha value is -0.760. The highest BCUT2D eigenvalue weighted by molar-refractivity contribution is 6.19. The number of imidazole rings is 1. The topological polar surface area (TPSA) is 17.8 Å². The molecule has 0 N–H and O–H groups in total. The lowest BCUT2D eigenvalue weighted by atomic mass is 10.3. The summed E-state index contributed by atoms with van der Waals surface area (Å²) in [6, 6.07) is 0. The van der Waals surface area contributed by atoms with E-state index in [2.05, 4.69) is 23.1 Å². The molecule has 1 rings (SSSR count). The molecule has 0 aliphatic heterocycles. The van der Waals surface area contributed by atoms with Crippen molar-refractivity contribution in [3.8, 4) is 0 Å². The summed E-state index contributed by atoms with van der Waals surface area (Å²) in [5, 5.41) is 0. The van der Waals surface area contributed by atoms with E-state index < -0.39 is 0 Å². The summed E-state index contributed by atoms with van der Waals surface area (Å²) in [6.07, 6.45) is 4.71. The number of hydrogen-bond acceptors (Lipinski definition) is 1. The summed E-state index contributed by atoms with van der Waals surface area (Å²) >= 11 is 5.63. The van der Waals surface area contributed by atoms with Crippen LogP contribution in [-0.2, 0) is 13.0 Å². The number of nitrogens with zero attached hydrogens (tertiary/aromatic N) is 2. The van der Waals surface area contributed by atoms with Crippen LogP contribution in [0.25, 0.3) is 0 Å². The Labute approximate surface area is 77.9 Å². The molecule has 0 unspecified atom stereocenters. The Morgan fingerprint density at radius 3 is 3.08 bits per heavy atom. The molecule has 1 heterocycles. The first-order valence-corrected chi connectivity index (χ1v) is 4.54. The maximum Gasteiger partial charge on any atom is 0.108 e. The predicted molar refractivity (Wildman–Crippen MR) is 51.5 cm³/mol. The standard InChI is InChI=1S/C9H13ClN2/c1-3-9-11-4-5-12(9)7-8(2)6-10/h4-5H,2-3,6-7H2,1H3. The quantitative estimate of drug-likeness (QED) is 0.519. The lowest BCUT2D eigenvalue weighted by Crippen LogP contribution is -2.04. The van der Waals surface area contributed by atoms with Gasteiger partial charge in [-0.3, -0.25) is 0 Å². The smallest absolute Gasteiger partial charge is 0.108 e. The molecule has 1 aromatic rings. The van der Waals surface area contributed by atoms with Gasteiger partial charge >= 0.3 is 0 Å². The lowest BCUT2D eigenvalue weighted by molar-refractivity contribution is 0.725. The normalized spacial score (nSPS) is 10.2. The summed E-state index contributed by atoms with van der Waals surface area (Å²) in [5.41, 5.74) is 1.02. The lowest BCUT2D eigenvalue weighted by Gasteiger charge is -2.05. The molecule has 0 saturated heterocycles. The van der Waals surface area contributed by atoms with Gasteiger partial charge in [0.2, 0.25) is 0 Å². The van der Waals surface area contributed by atoms with E-state index in [0.717, 1.165) is 24.4 Å². The minimum atomic E-state index is 0.515. The van der Waals surface area contributed by atoms with Gasteiger partial charge in [0.1, 0.15) is 5.82 Å². The molecule has 0 aromatic carbocycles. The molecule has 2 nitrogen and oxygen atoms in total. The zero-order valence-electron chi connectivity index (χ0n) is 7.26. The van der Waals surface area contributed by atoms with Crippen molar-refractivity contribution >= 4 is 11.6 Å². The molecule has 0 spiro atoms. The zero-order chi connectivity index (χ0) is 8.97. The van der Waals surface area contributed by atoms with Crippen molar-refractivity contribution in [1.29, 1.82) is 0 Å². The molecule has 0 fully saturated rings. The number of hydrogen-bond donors (Lipinski definition) is 0. The fourth-order valence-electron chi connectivity index (χ4n) is 1.08. The summed E-state index contributed by atoms with van der Waals surface area (Å²) in [5.74, 6) is 1.60. The van der Waals surface area contributed by atoms with Gasteiger partial charge in [-0.15, -0.1) is 11.6 Å². The largest absolute Gasteiger partial charge is 0.331 e. The SMILES string of the molecule is C=C(CCl)Cn1ccnc1CC. The maximum atomic E-state index is 5.63. The van der Waals surface area contributed by atoms with Crippen LogP contribution < -0.4 is 0 Å². The van der Waals surface area contributed by atoms with E-state index >= 15 is 0 Å². The van der Waals surface area contributed by atoms with Gasteiger partial charge in [0, 0.05) is 31.2 Å². The van der Waals surface area contributed by atoms with Crippen LogP contribution in [0.1, 0.15) is 12.7 Å². The minimum absolute atomic E-state index is 0.515. The van der Waals surface area contributed by atoms with E-state index in [1.54, 1.807) is 6.20 Å². The van der Waals surface area contributed by atoms with Crippen LogP contribution in [-0.4, -0.2) is 15.4 Å². The highest BCUT2D eigenvalue weighted by Crippen LogP contribution is 2.04. The number of aryl methyl sites for hydroxylation is 1. The second kappa shape index (κ2) is 4.31. The molecule has 1 aromatic heterocycles. The summed E-state index contributed by atoms with van der Waals surface area (Å²) in [4.78, 5) is 4.20. The van der Waals surface area contributed by atoms with E-state index in [4.69, 9.17) is 11.6 Å². The average Bonchev–Trinajstić information content (AvgIpc) is 2.51. The monoisotopic (exact) mass is 184 g/mol. The van der Waals surface area contributed by atoms with E-state index in [0.29, 0.717) is 5.88 Å². The highest BCUT2D eigenvalue weighted by Gasteiger charge is 2.00. The van der Waals surface area contributed by atoms with Crippen LogP contribution in [0.15, 0.2) is 24.5 Å². The molecule has 0 atom stereocenters.